The molecule has 0 unspecified atom stereocenters. The number of aliphatic carboxylic acids is 1. The minimum atomic E-state index is -0.879. The molecule has 0 aliphatic rings. The predicted molar refractivity (Wildman–Crippen MR) is 103 cm³/mol. The fraction of sp³-hybridized carbons (Fsp3) is 0.263. The molecule has 0 aromatic heterocycles. The molecule has 0 saturated carbocycles. The fourth-order valence-corrected chi connectivity index (χ4v) is 2.82. The largest absolute Gasteiger partial charge is 0.491 e. The Labute approximate surface area is 161 Å². The fourth-order valence-electron chi connectivity index (χ4n) is 2.30. The van der Waals surface area contributed by atoms with Crippen molar-refractivity contribution in [1.29, 1.82) is 0 Å². The van der Waals surface area contributed by atoms with Crippen molar-refractivity contribution in [3.05, 3.63) is 57.6 Å². The van der Waals surface area contributed by atoms with Crippen LogP contribution in [0.3, 0.4) is 0 Å². The number of rotatable bonds is 8. The lowest BCUT2D eigenvalue weighted by atomic mass is 10.1. The van der Waals surface area contributed by atoms with Gasteiger partial charge < -0.3 is 15.2 Å². The number of hydrogen-bond donors (Lipinski definition) is 2. The minimum Gasteiger partial charge on any atom is -0.491 e. The quantitative estimate of drug-likeness (QED) is 0.655. The van der Waals surface area contributed by atoms with Crippen LogP contribution < -0.4 is 10.1 Å². The first-order chi connectivity index (χ1) is 12.4. The molecule has 0 heterocycles. The van der Waals surface area contributed by atoms with Crippen LogP contribution in [0.15, 0.2) is 36.4 Å². The first-order valence-electron chi connectivity index (χ1n) is 8.14. The second-order valence-electron chi connectivity index (χ2n) is 5.68. The third-order valence-electron chi connectivity index (χ3n) is 3.51. The van der Waals surface area contributed by atoms with Gasteiger partial charge in [-0.25, -0.2) is 0 Å². The lowest BCUT2D eigenvalue weighted by Crippen LogP contribution is -2.13. The smallest absolute Gasteiger partial charge is 0.303 e. The Kier molecular flexibility index (Phi) is 7.30. The number of carboxylic acids is 1. The number of hydrogen-bond acceptors (Lipinski definition) is 3. The van der Waals surface area contributed by atoms with Gasteiger partial charge in [-0.15, -0.1) is 0 Å². The first-order valence-corrected chi connectivity index (χ1v) is 8.89. The standard InChI is InChI=1S/C19H19Cl2NO4/c1-2-7-26-17-5-3-12(4-6-18(23)24)8-16(17)22-19(25)13-9-14(20)11-15(21)10-13/h3,5,8-11H,2,4,6-7H2,1H3,(H,22,25)(H,23,24). The number of nitrogens with one attached hydrogen (secondary N) is 1. The molecule has 138 valence electrons. The Balaban J connectivity index is 2.26. The molecule has 0 radical (unpaired) electrons. The summed E-state index contributed by atoms with van der Waals surface area (Å²) in [4.78, 5) is 23.3. The van der Waals surface area contributed by atoms with Crippen LogP contribution in [0.5, 0.6) is 5.75 Å². The summed E-state index contributed by atoms with van der Waals surface area (Å²) >= 11 is 11.9. The van der Waals surface area contributed by atoms with Crippen molar-refractivity contribution in [2.75, 3.05) is 11.9 Å². The summed E-state index contributed by atoms with van der Waals surface area (Å²) in [6.45, 7) is 2.48. The zero-order chi connectivity index (χ0) is 19.1. The van der Waals surface area contributed by atoms with Gasteiger partial charge in [0, 0.05) is 22.0 Å². The lowest BCUT2D eigenvalue weighted by molar-refractivity contribution is -0.136. The van der Waals surface area contributed by atoms with E-state index in [1.54, 1.807) is 24.3 Å². The molecule has 1 amide bonds. The average Bonchev–Trinajstić information content (AvgIpc) is 2.58. The number of aryl methyl sites for hydroxylation is 1. The topological polar surface area (TPSA) is 75.6 Å². The number of carbonyl (C=O) groups is 2. The van der Waals surface area contributed by atoms with Crippen molar-refractivity contribution in [3.8, 4) is 5.75 Å². The maximum absolute atomic E-state index is 12.5. The molecule has 0 saturated heterocycles. The minimum absolute atomic E-state index is 0.00640. The number of anilines is 1. The number of benzene rings is 2. The predicted octanol–water partition coefficient (Wildman–Crippen LogP) is 5.05. The van der Waals surface area contributed by atoms with E-state index >= 15 is 0 Å². The van der Waals surface area contributed by atoms with E-state index in [0.717, 1.165) is 12.0 Å². The van der Waals surface area contributed by atoms with E-state index in [0.29, 0.717) is 40.1 Å². The molecule has 2 rings (SSSR count). The molecule has 26 heavy (non-hydrogen) atoms. The van der Waals surface area contributed by atoms with Gasteiger partial charge in [0.15, 0.2) is 0 Å². The maximum atomic E-state index is 12.5. The normalized spacial score (nSPS) is 10.4. The summed E-state index contributed by atoms with van der Waals surface area (Å²) < 4.78 is 5.67. The van der Waals surface area contributed by atoms with E-state index in [2.05, 4.69) is 5.32 Å². The number of ether oxygens (including phenoxy) is 1. The molecule has 0 spiro atoms. The van der Waals surface area contributed by atoms with Crippen LogP contribution in [0.2, 0.25) is 10.0 Å². The van der Waals surface area contributed by atoms with Gasteiger partial charge in [-0.2, -0.15) is 0 Å². The van der Waals surface area contributed by atoms with Gasteiger partial charge in [-0.3, -0.25) is 9.59 Å². The summed E-state index contributed by atoms with van der Waals surface area (Å²) in [6.07, 6.45) is 1.18. The van der Waals surface area contributed by atoms with Gasteiger partial charge in [-0.05, 0) is 48.7 Å². The van der Waals surface area contributed by atoms with Gasteiger partial charge in [-0.1, -0.05) is 36.2 Å². The van der Waals surface area contributed by atoms with Crippen LogP contribution >= 0.6 is 23.2 Å². The summed E-state index contributed by atoms with van der Waals surface area (Å²) in [6, 6.07) is 9.82. The monoisotopic (exact) mass is 395 g/mol. The van der Waals surface area contributed by atoms with Crippen molar-refractivity contribution in [1.82, 2.24) is 0 Å². The van der Waals surface area contributed by atoms with E-state index in [4.69, 9.17) is 33.0 Å². The van der Waals surface area contributed by atoms with Crippen molar-refractivity contribution in [3.63, 3.8) is 0 Å². The van der Waals surface area contributed by atoms with Gasteiger partial charge in [0.25, 0.3) is 5.91 Å². The highest BCUT2D eigenvalue weighted by atomic mass is 35.5. The van der Waals surface area contributed by atoms with Gasteiger partial charge in [0.1, 0.15) is 5.75 Å². The average molecular weight is 396 g/mol. The SMILES string of the molecule is CCCOc1ccc(CCC(=O)O)cc1NC(=O)c1cc(Cl)cc(Cl)c1. The van der Waals surface area contributed by atoms with Gasteiger partial charge >= 0.3 is 5.97 Å². The van der Waals surface area contributed by atoms with Crippen LogP contribution in [0.1, 0.15) is 35.7 Å². The highest BCUT2D eigenvalue weighted by molar-refractivity contribution is 6.35. The number of amides is 1. The summed E-state index contributed by atoms with van der Waals surface area (Å²) in [5, 5.41) is 12.4. The Morgan fingerprint density at radius 3 is 2.42 bits per heavy atom. The highest BCUT2D eigenvalue weighted by Crippen LogP contribution is 2.28. The van der Waals surface area contributed by atoms with Crippen molar-refractivity contribution in [2.45, 2.75) is 26.2 Å². The molecule has 0 aliphatic carbocycles. The molecular weight excluding hydrogens is 377 g/mol. The number of carboxylic acid groups (broad SMARTS) is 1. The molecule has 0 atom stereocenters. The van der Waals surface area contributed by atoms with Crippen LogP contribution in [0, 0.1) is 0 Å². The van der Waals surface area contributed by atoms with E-state index < -0.39 is 5.97 Å². The van der Waals surface area contributed by atoms with Crippen molar-refractivity contribution < 1.29 is 19.4 Å². The molecule has 7 heteroatoms. The van der Waals surface area contributed by atoms with E-state index in [9.17, 15) is 9.59 Å². The third-order valence-corrected chi connectivity index (χ3v) is 3.94. The van der Waals surface area contributed by atoms with Gasteiger partial charge in [0.2, 0.25) is 0 Å². The maximum Gasteiger partial charge on any atom is 0.303 e. The summed E-state index contributed by atoms with van der Waals surface area (Å²) in [5.74, 6) is -0.742. The van der Waals surface area contributed by atoms with Crippen molar-refractivity contribution in [2.24, 2.45) is 0 Å². The van der Waals surface area contributed by atoms with Crippen molar-refractivity contribution >= 4 is 40.8 Å². The molecule has 5 nitrogen and oxygen atoms in total. The van der Waals surface area contributed by atoms with Crippen LogP contribution in [-0.4, -0.2) is 23.6 Å². The van der Waals surface area contributed by atoms with E-state index in [1.807, 2.05) is 6.92 Å². The zero-order valence-electron chi connectivity index (χ0n) is 14.2. The molecule has 0 aliphatic heterocycles. The molecule has 2 aromatic rings. The second kappa shape index (κ2) is 9.46. The van der Waals surface area contributed by atoms with E-state index in [1.165, 1.54) is 12.1 Å². The third kappa shape index (κ3) is 5.93. The second-order valence-corrected chi connectivity index (χ2v) is 6.56. The van der Waals surface area contributed by atoms with Crippen LogP contribution in [-0.2, 0) is 11.2 Å². The Bertz CT molecular complexity index is 788. The first kappa shape index (κ1) is 20.1. The number of carbonyl (C=O) groups excluding carboxylic acids is 1. The number of halogens is 2. The van der Waals surface area contributed by atoms with Gasteiger partial charge in [0.05, 0.1) is 12.3 Å². The summed E-state index contributed by atoms with van der Waals surface area (Å²) in [7, 11) is 0. The summed E-state index contributed by atoms with van der Waals surface area (Å²) in [5.41, 5.74) is 1.58. The molecular formula is C19H19Cl2NO4. The lowest BCUT2D eigenvalue weighted by Gasteiger charge is -2.14. The Morgan fingerprint density at radius 2 is 1.81 bits per heavy atom. The zero-order valence-corrected chi connectivity index (χ0v) is 15.7. The highest BCUT2D eigenvalue weighted by Gasteiger charge is 2.13. The van der Waals surface area contributed by atoms with Crippen LogP contribution in [0.25, 0.3) is 0 Å². The van der Waals surface area contributed by atoms with Crippen LogP contribution in [0.4, 0.5) is 5.69 Å². The molecule has 2 aromatic carbocycles. The molecule has 2 N–H and O–H groups in total. The molecule has 0 fully saturated rings. The Morgan fingerprint density at radius 1 is 1.12 bits per heavy atom. The Hall–Kier alpha value is -2.24. The molecule has 0 bridgehead atoms. The van der Waals surface area contributed by atoms with E-state index in [-0.39, 0.29) is 12.3 Å².